The van der Waals surface area contributed by atoms with Crippen LogP contribution in [0, 0.1) is 6.92 Å². The average molecular weight is 317 g/mol. The van der Waals surface area contributed by atoms with Gasteiger partial charge in [0.2, 0.25) is 5.88 Å². The van der Waals surface area contributed by atoms with E-state index in [1.165, 1.54) is 7.05 Å². The van der Waals surface area contributed by atoms with Crippen molar-refractivity contribution >= 4 is 17.4 Å². The maximum atomic E-state index is 12.8. The molecule has 3 nitrogen and oxygen atoms in total. The van der Waals surface area contributed by atoms with Crippen LogP contribution in [0.3, 0.4) is 0 Å². The zero-order valence-electron chi connectivity index (χ0n) is 11.3. The van der Waals surface area contributed by atoms with Gasteiger partial charge >= 0.3 is 6.18 Å². The maximum Gasteiger partial charge on any atom is 0.416 e. The minimum atomic E-state index is -4.48. The Hall–Kier alpha value is -1.95. The number of alkyl halides is 3. The molecular weight excluding hydrogens is 305 g/mol. The lowest BCUT2D eigenvalue weighted by molar-refractivity contribution is -0.137. The summed E-state index contributed by atoms with van der Waals surface area (Å²) < 4.78 is 43.9. The van der Waals surface area contributed by atoms with E-state index in [1.54, 1.807) is 18.2 Å². The number of ether oxygens (including phenoxy) is 1. The molecule has 0 aliphatic carbocycles. The molecule has 0 unspecified atom stereocenters. The van der Waals surface area contributed by atoms with Gasteiger partial charge in [-0.2, -0.15) is 18.2 Å². The van der Waals surface area contributed by atoms with E-state index in [9.17, 15) is 13.2 Å². The molecule has 112 valence electrons. The third kappa shape index (κ3) is 3.78. The summed E-state index contributed by atoms with van der Waals surface area (Å²) in [6.45, 7) is 1.82. The highest BCUT2D eigenvalue weighted by Gasteiger charge is 2.32. The number of nitrogens with zero attached hydrogens (tertiary/aromatic N) is 1. The van der Waals surface area contributed by atoms with E-state index in [0.29, 0.717) is 5.02 Å². The summed E-state index contributed by atoms with van der Waals surface area (Å²) in [6, 6.07) is 6.75. The molecule has 1 aromatic carbocycles. The molecule has 0 atom stereocenters. The first-order chi connectivity index (χ1) is 9.79. The molecule has 0 bridgehead atoms. The smallest absolute Gasteiger partial charge is 0.416 e. The number of hydrogen-bond acceptors (Lipinski definition) is 3. The Balaban J connectivity index is 2.42. The summed E-state index contributed by atoms with van der Waals surface area (Å²) in [5.74, 6) is 0.135. The molecule has 21 heavy (non-hydrogen) atoms. The number of nitrogens with one attached hydrogen (secondary N) is 1. The van der Waals surface area contributed by atoms with Gasteiger partial charge in [-0.25, -0.2) is 0 Å². The van der Waals surface area contributed by atoms with E-state index in [4.69, 9.17) is 16.3 Å². The van der Waals surface area contributed by atoms with Crippen molar-refractivity contribution in [2.24, 2.45) is 0 Å². The standard InChI is InChI=1S/C14H12ClF3N2O/c1-8-3-4-10(15)11(5-8)21-13-7-9(14(16,17)18)6-12(19-2)20-13/h3-7H,1-2H3,(H,19,20). The van der Waals surface area contributed by atoms with Crippen LogP contribution in [0.15, 0.2) is 30.3 Å². The Labute approximate surface area is 124 Å². The van der Waals surface area contributed by atoms with Gasteiger partial charge in [-0.05, 0) is 30.7 Å². The molecule has 2 rings (SSSR count). The van der Waals surface area contributed by atoms with Crippen LogP contribution in [0.1, 0.15) is 11.1 Å². The van der Waals surface area contributed by atoms with Gasteiger partial charge in [0, 0.05) is 13.1 Å². The molecule has 0 aliphatic rings. The van der Waals surface area contributed by atoms with Gasteiger partial charge in [0.25, 0.3) is 0 Å². The van der Waals surface area contributed by atoms with Crippen molar-refractivity contribution < 1.29 is 17.9 Å². The zero-order chi connectivity index (χ0) is 15.6. The Bertz CT molecular complexity index is 659. The van der Waals surface area contributed by atoms with Gasteiger partial charge in [0.1, 0.15) is 11.6 Å². The molecule has 2 aromatic rings. The average Bonchev–Trinajstić information content (AvgIpc) is 2.41. The van der Waals surface area contributed by atoms with Crippen molar-refractivity contribution in [2.45, 2.75) is 13.1 Å². The van der Waals surface area contributed by atoms with Gasteiger partial charge in [-0.15, -0.1) is 0 Å². The molecule has 1 heterocycles. The summed E-state index contributed by atoms with van der Waals surface area (Å²) >= 11 is 5.96. The van der Waals surface area contributed by atoms with Gasteiger partial charge in [0.15, 0.2) is 0 Å². The minimum Gasteiger partial charge on any atom is -0.437 e. The molecule has 1 aromatic heterocycles. The normalized spacial score (nSPS) is 11.3. The number of benzene rings is 1. The molecule has 0 amide bonds. The van der Waals surface area contributed by atoms with Crippen molar-refractivity contribution in [2.75, 3.05) is 12.4 Å². The number of hydrogen-bond donors (Lipinski definition) is 1. The predicted molar refractivity (Wildman–Crippen MR) is 75.0 cm³/mol. The fraction of sp³-hybridized carbons (Fsp3) is 0.214. The highest BCUT2D eigenvalue weighted by molar-refractivity contribution is 6.32. The summed E-state index contributed by atoms with van der Waals surface area (Å²) in [7, 11) is 1.48. The number of halogens is 4. The summed E-state index contributed by atoms with van der Waals surface area (Å²) in [5, 5.41) is 2.86. The summed E-state index contributed by atoms with van der Waals surface area (Å²) in [6.07, 6.45) is -4.48. The SMILES string of the molecule is CNc1cc(C(F)(F)F)cc(Oc2cc(C)ccc2Cl)n1. The third-order valence-electron chi connectivity index (χ3n) is 2.69. The molecular formula is C14H12ClF3N2O. The van der Waals surface area contributed by atoms with Crippen molar-refractivity contribution in [1.82, 2.24) is 4.98 Å². The van der Waals surface area contributed by atoms with Crippen LogP contribution in [0.25, 0.3) is 0 Å². The van der Waals surface area contributed by atoms with Crippen LogP contribution in [0.5, 0.6) is 11.6 Å². The van der Waals surface area contributed by atoms with Crippen LogP contribution in [0.4, 0.5) is 19.0 Å². The largest absolute Gasteiger partial charge is 0.437 e. The Morgan fingerprint density at radius 3 is 2.52 bits per heavy atom. The topological polar surface area (TPSA) is 34.1 Å². The van der Waals surface area contributed by atoms with Crippen LogP contribution < -0.4 is 10.1 Å². The van der Waals surface area contributed by atoms with E-state index >= 15 is 0 Å². The Morgan fingerprint density at radius 2 is 1.90 bits per heavy atom. The monoisotopic (exact) mass is 316 g/mol. The molecule has 0 aliphatic heterocycles. The van der Waals surface area contributed by atoms with Crippen LogP contribution in [-0.4, -0.2) is 12.0 Å². The van der Waals surface area contributed by atoms with Crippen LogP contribution in [0.2, 0.25) is 5.02 Å². The van der Waals surface area contributed by atoms with E-state index in [1.807, 2.05) is 6.92 Å². The summed E-state index contributed by atoms with van der Waals surface area (Å²) in [4.78, 5) is 3.94. The first kappa shape index (κ1) is 15.4. The van der Waals surface area contributed by atoms with Gasteiger partial charge in [-0.3, -0.25) is 0 Å². The second-order valence-corrected chi connectivity index (χ2v) is 4.77. The Morgan fingerprint density at radius 1 is 1.19 bits per heavy atom. The maximum absolute atomic E-state index is 12.8. The highest BCUT2D eigenvalue weighted by Crippen LogP contribution is 2.35. The fourth-order valence-corrected chi connectivity index (χ4v) is 1.81. The van der Waals surface area contributed by atoms with E-state index in [0.717, 1.165) is 17.7 Å². The highest BCUT2D eigenvalue weighted by atomic mass is 35.5. The molecule has 0 radical (unpaired) electrons. The second-order valence-electron chi connectivity index (χ2n) is 4.36. The molecule has 0 saturated heterocycles. The lowest BCUT2D eigenvalue weighted by Crippen LogP contribution is -2.07. The van der Waals surface area contributed by atoms with Gasteiger partial charge in [0.05, 0.1) is 10.6 Å². The molecule has 0 spiro atoms. The molecule has 0 fully saturated rings. The van der Waals surface area contributed by atoms with Crippen molar-refractivity contribution in [3.63, 3.8) is 0 Å². The van der Waals surface area contributed by atoms with Crippen molar-refractivity contribution in [1.29, 1.82) is 0 Å². The van der Waals surface area contributed by atoms with Crippen molar-refractivity contribution in [3.05, 3.63) is 46.5 Å². The fourth-order valence-electron chi connectivity index (χ4n) is 1.65. The zero-order valence-corrected chi connectivity index (χ0v) is 12.0. The first-order valence-electron chi connectivity index (χ1n) is 6.00. The quantitative estimate of drug-likeness (QED) is 0.875. The number of pyridine rings is 1. The summed E-state index contributed by atoms with van der Waals surface area (Å²) in [5.41, 5.74) is 0.0239. The van der Waals surface area contributed by atoms with E-state index < -0.39 is 11.7 Å². The van der Waals surface area contributed by atoms with Crippen molar-refractivity contribution in [3.8, 4) is 11.6 Å². The Kier molecular flexibility index (Phi) is 4.27. The lowest BCUT2D eigenvalue weighted by Gasteiger charge is -2.12. The number of rotatable bonds is 3. The van der Waals surface area contributed by atoms with E-state index in [2.05, 4.69) is 10.3 Å². The third-order valence-corrected chi connectivity index (χ3v) is 3.00. The lowest BCUT2D eigenvalue weighted by atomic mass is 10.2. The van der Waals surface area contributed by atoms with Gasteiger partial charge in [-0.1, -0.05) is 17.7 Å². The van der Waals surface area contributed by atoms with Gasteiger partial charge < -0.3 is 10.1 Å². The molecule has 1 N–H and O–H groups in total. The first-order valence-corrected chi connectivity index (χ1v) is 6.38. The molecule has 7 heteroatoms. The van der Waals surface area contributed by atoms with Crippen LogP contribution in [-0.2, 0) is 6.18 Å². The number of aromatic nitrogens is 1. The van der Waals surface area contributed by atoms with Crippen LogP contribution >= 0.6 is 11.6 Å². The number of anilines is 1. The molecule has 0 saturated carbocycles. The minimum absolute atomic E-state index is 0.0589. The van der Waals surface area contributed by atoms with E-state index in [-0.39, 0.29) is 17.4 Å². The predicted octanol–water partition coefficient (Wildman–Crippen LogP) is 4.90. The number of aryl methyl sites for hydroxylation is 1. The second kappa shape index (κ2) is 5.81.